The second-order valence-electron chi connectivity index (χ2n) is 14.5. The minimum Gasteiger partial charge on any atom is -0.444 e. The third-order valence-electron chi connectivity index (χ3n) is 9.54. The molecule has 13 heteroatoms. The van der Waals surface area contributed by atoms with E-state index in [1.807, 2.05) is 19.1 Å². The number of allylic oxidation sites excluding steroid dienone is 1. The predicted molar refractivity (Wildman–Crippen MR) is 159 cm³/mol. The average molecular weight is 625 g/mol. The van der Waals surface area contributed by atoms with Crippen LogP contribution in [0.2, 0.25) is 0 Å². The van der Waals surface area contributed by atoms with E-state index in [4.69, 9.17) is 4.74 Å². The smallest absolute Gasteiger partial charge is 0.408 e. The van der Waals surface area contributed by atoms with Crippen molar-refractivity contribution < 1.29 is 37.4 Å². The Morgan fingerprint density at radius 2 is 1.79 bits per heavy atom. The van der Waals surface area contributed by atoms with Crippen molar-refractivity contribution in [2.24, 2.45) is 23.7 Å². The van der Waals surface area contributed by atoms with Crippen LogP contribution in [0.15, 0.2) is 12.2 Å². The van der Waals surface area contributed by atoms with Crippen molar-refractivity contribution in [1.82, 2.24) is 20.3 Å². The summed E-state index contributed by atoms with van der Waals surface area (Å²) in [5.74, 6) is -2.65. The standard InChI is InChI=1S/C30H48N4O8S/c1-17-10-8-9-11-20-15-30(20,26(38)33-43(40,41)29(7)14-19(29)3)32-24(36)22-13-21(35)16-34(22)25(37)23(18(2)12-17)31-27(39)42-28(4,5)6/h9,11,17-23,35H,8,10,12-16H2,1-7H3,(H,31,39)(H,32,36)(H,33,38)/b11-9-/t17?,18-,19?,20-,21-,22+,23+,29?,30-/m1/s1. The number of ether oxygens (including phenoxy) is 1. The summed E-state index contributed by atoms with van der Waals surface area (Å²) in [7, 11) is -3.99. The van der Waals surface area contributed by atoms with Crippen LogP contribution in [0.4, 0.5) is 4.79 Å². The number of rotatable bonds is 4. The molecular weight excluding hydrogens is 576 g/mol. The number of fused-ring (bicyclic) bond motifs is 2. The zero-order chi connectivity index (χ0) is 32.1. The molecular formula is C30H48N4O8S. The van der Waals surface area contributed by atoms with E-state index in [9.17, 15) is 32.7 Å². The average Bonchev–Trinajstić information content (AvgIpc) is 3.68. The molecule has 0 radical (unpaired) electrons. The van der Waals surface area contributed by atoms with Crippen molar-refractivity contribution in [3.05, 3.63) is 12.2 Å². The van der Waals surface area contributed by atoms with Gasteiger partial charge in [-0.1, -0.05) is 32.9 Å². The molecule has 0 aromatic rings. The molecule has 3 unspecified atom stereocenters. The molecule has 43 heavy (non-hydrogen) atoms. The number of alkyl carbamates (subject to hydrolysis) is 1. The molecule has 2 saturated carbocycles. The largest absolute Gasteiger partial charge is 0.444 e. The van der Waals surface area contributed by atoms with Crippen LogP contribution in [0, 0.1) is 23.7 Å². The number of aliphatic hydroxyl groups excluding tert-OH is 1. The van der Waals surface area contributed by atoms with Crippen molar-refractivity contribution in [2.45, 2.75) is 121 Å². The highest BCUT2D eigenvalue weighted by Crippen LogP contribution is 2.50. The van der Waals surface area contributed by atoms with Crippen LogP contribution in [0.3, 0.4) is 0 Å². The lowest BCUT2D eigenvalue weighted by Gasteiger charge is -2.33. The highest BCUT2D eigenvalue weighted by atomic mass is 32.2. The molecule has 0 bridgehead atoms. The summed E-state index contributed by atoms with van der Waals surface area (Å²) in [6.07, 6.45) is 4.69. The van der Waals surface area contributed by atoms with Gasteiger partial charge in [-0.15, -0.1) is 0 Å². The third kappa shape index (κ3) is 7.02. The van der Waals surface area contributed by atoms with Gasteiger partial charge in [0.2, 0.25) is 21.8 Å². The second-order valence-corrected chi connectivity index (χ2v) is 16.6. The maximum absolute atomic E-state index is 14.0. The van der Waals surface area contributed by atoms with Crippen LogP contribution in [0.25, 0.3) is 0 Å². The molecule has 2 aliphatic carbocycles. The molecule has 4 N–H and O–H groups in total. The molecule has 4 rings (SSSR count). The van der Waals surface area contributed by atoms with E-state index in [1.165, 1.54) is 4.90 Å². The van der Waals surface area contributed by atoms with E-state index in [1.54, 1.807) is 34.6 Å². The van der Waals surface area contributed by atoms with Crippen molar-refractivity contribution in [2.75, 3.05) is 6.54 Å². The Hall–Kier alpha value is -2.67. The van der Waals surface area contributed by atoms with Crippen LogP contribution in [-0.2, 0) is 29.1 Å². The van der Waals surface area contributed by atoms with Crippen molar-refractivity contribution in [1.29, 1.82) is 0 Å². The van der Waals surface area contributed by atoms with Gasteiger partial charge in [0.05, 0.1) is 10.9 Å². The Morgan fingerprint density at radius 3 is 2.40 bits per heavy atom. The van der Waals surface area contributed by atoms with Crippen LogP contribution in [0.1, 0.15) is 87.0 Å². The van der Waals surface area contributed by atoms with Gasteiger partial charge in [-0.05, 0) is 77.6 Å². The quantitative estimate of drug-likeness (QED) is 0.344. The number of carbonyl (C=O) groups is 4. The Morgan fingerprint density at radius 1 is 1.14 bits per heavy atom. The number of carbonyl (C=O) groups excluding carboxylic acids is 4. The molecule has 0 aromatic heterocycles. The normalized spacial score (nSPS) is 39.3. The van der Waals surface area contributed by atoms with Gasteiger partial charge in [0.15, 0.2) is 0 Å². The van der Waals surface area contributed by atoms with Crippen LogP contribution in [-0.4, -0.2) is 82.9 Å². The number of sulfonamides is 1. The van der Waals surface area contributed by atoms with Gasteiger partial charge >= 0.3 is 6.09 Å². The van der Waals surface area contributed by atoms with Gasteiger partial charge in [0.1, 0.15) is 23.2 Å². The molecule has 2 heterocycles. The van der Waals surface area contributed by atoms with Gasteiger partial charge in [0, 0.05) is 18.9 Å². The molecule has 4 aliphatic rings. The van der Waals surface area contributed by atoms with Crippen LogP contribution in [0.5, 0.6) is 0 Å². The van der Waals surface area contributed by atoms with Crippen molar-refractivity contribution in [3.63, 3.8) is 0 Å². The minimum absolute atomic E-state index is 0.0619. The molecule has 3 fully saturated rings. The molecule has 242 valence electrons. The number of nitrogens with one attached hydrogen (secondary N) is 3. The van der Waals surface area contributed by atoms with Crippen LogP contribution >= 0.6 is 0 Å². The van der Waals surface area contributed by atoms with E-state index in [0.29, 0.717) is 19.3 Å². The van der Waals surface area contributed by atoms with Crippen LogP contribution < -0.4 is 15.4 Å². The second kappa shape index (κ2) is 11.7. The number of amides is 4. The Bertz CT molecular complexity index is 1280. The van der Waals surface area contributed by atoms with E-state index in [2.05, 4.69) is 22.3 Å². The number of aliphatic hydroxyl groups is 1. The van der Waals surface area contributed by atoms with E-state index >= 15 is 0 Å². The SMILES string of the molecule is CC1CC/C=C\[C@@H]2C[C@@]2(C(=O)NS(=O)(=O)C2(C)CC2C)NC(=O)[C@@H]2C[C@@H](O)CN2C(=O)[C@@H](NC(=O)OC(C)(C)C)[C@H](C)C1. The lowest BCUT2D eigenvalue weighted by molar-refractivity contribution is -0.142. The fourth-order valence-electron chi connectivity index (χ4n) is 6.43. The van der Waals surface area contributed by atoms with E-state index in [-0.39, 0.29) is 37.1 Å². The topological polar surface area (TPSA) is 171 Å². The third-order valence-corrected chi connectivity index (χ3v) is 11.8. The van der Waals surface area contributed by atoms with Gasteiger partial charge < -0.3 is 25.4 Å². The molecule has 2 aliphatic heterocycles. The number of hydrogen-bond acceptors (Lipinski definition) is 8. The Kier molecular flexibility index (Phi) is 9.03. The van der Waals surface area contributed by atoms with Gasteiger partial charge in [-0.25, -0.2) is 13.2 Å². The fourth-order valence-corrected chi connectivity index (χ4v) is 8.09. The Balaban J connectivity index is 1.63. The summed E-state index contributed by atoms with van der Waals surface area (Å²) < 4.78 is 32.8. The molecule has 0 spiro atoms. The molecule has 4 amide bonds. The maximum Gasteiger partial charge on any atom is 0.408 e. The molecule has 9 atom stereocenters. The van der Waals surface area contributed by atoms with E-state index in [0.717, 1.165) is 6.42 Å². The molecule has 0 aromatic carbocycles. The first kappa shape index (κ1) is 33.2. The fraction of sp³-hybridized carbons (Fsp3) is 0.800. The maximum atomic E-state index is 14.0. The highest BCUT2D eigenvalue weighted by Gasteiger charge is 2.64. The van der Waals surface area contributed by atoms with Gasteiger partial charge in [-0.2, -0.15) is 0 Å². The first-order valence-electron chi connectivity index (χ1n) is 15.3. The highest BCUT2D eigenvalue weighted by molar-refractivity contribution is 7.91. The van der Waals surface area contributed by atoms with Crippen molar-refractivity contribution in [3.8, 4) is 0 Å². The summed E-state index contributed by atoms with van der Waals surface area (Å²) in [6.45, 7) is 12.3. The summed E-state index contributed by atoms with van der Waals surface area (Å²) >= 11 is 0. The Labute approximate surface area is 254 Å². The first-order valence-corrected chi connectivity index (χ1v) is 16.8. The zero-order valence-electron chi connectivity index (χ0n) is 26.3. The summed E-state index contributed by atoms with van der Waals surface area (Å²) in [5.41, 5.74) is -2.29. The summed E-state index contributed by atoms with van der Waals surface area (Å²) in [4.78, 5) is 55.4. The predicted octanol–water partition coefficient (Wildman–Crippen LogP) is 1.97. The van der Waals surface area contributed by atoms with Gasteiger partial charge in [-0.3, -0.25) is 19.1 Å². The summed E-state index contributed by atoms with van der Waals surface area (Å²) in [6, 6.07) is -2.14. The van der Waals surface area contributed by atoms with Crippen molar-refractivity contribution >= 4 is 33.8 Å². The number of hydrogen-bond donors (Lipinski definition) is 4. The lowest BCUT2D eigenvalue weighted by atomic mass is 9.88. The summed E-state index contributed by atoms with van der Waals surface area (Å²) in [5, 5.41) is 16.0. The van der Waals surface area contributed by atoms with Gasteiger partial charge in [0.25, 0.3) is 5.91 Å². The molecule has 12 nitrogen and oxygen atoms in total. The molecule has 1 saturated heterocycles. The van der Waals surface area contributed by atoms with E-state index < -0.39 is 73.8 Å². The number of nitrogens with zero attached hydrogens (tertiary/aromatic N) is 1. The first-order chi connectivity index (χ1) is 19.8. The zero-order valence-corrected chi connectivity index (χ0v) is 27.1. The monoisotopic (exact) mass is 624 g/mol. The minimum atomic E-state index is -3.99. The lowest BCUT2D eigenvalue weighted by Crippen LogP contribution is -2.59.